The van der Waals surface area contributed by atoms with Crippen molar-refractivity contribution in [2.45, 2.75) is 33.1 Å². The fraction of sp³-hybridized carbons (Fsp3) is 0.778. The van der Waals surface area contributed by atoms with E-state index in [9.17, 15) is 9.59 Å². The molecule has 0 unspecified atom stereocenters. The lowest BCUT2D eigenvalue weighted by atomic mass is 10.0. The molecule has 13 heavy (non-hydrogen) atoms. The van der Waals surface area contributed by atoms with Crippen molar-refractivity contribution in [3.05, 3.63) is 0 Å². The van der Waals surface area contributed by atoms with E-state index in [0.29, 0.717) is 12.3 Å². The van der Waals surface area contributed by atoms with Gasteiger partial charge < -0.3 is 5.11 Å². The second-order valence-corrected chi connectivity index (χ2v) is 4.44. The number of rotatable bonds is 6. The predicted molar refractivity (Wildman–Crippen MR) is 53.8 cm³/mol. The summed E-state index contributed by atoms with van der Waals surface area (Å²) in [4.78, 5) is 20.8. The van der Waals surface area contributed by atoms with Crippen molar-refractivity contribution in [2.24, 2.45) is 5.92 Å². The highest BCUT2D eigenvalue weighted by atomic mass is 32.2. The topological polar surface area (TPSA) is 54.4 Å². The number of thioether (sulfide) groups is 1. The lowest BCUT2D eigenvalue weighted by Gasteiger charge is -2.07. The molecule has 1 N–H and O–H groups in total. The Bertz CT molecular complexity index is 180. The first-order valence-corrected chi connectivity index (χ1v) is 5.36. The summed E-state index contributed by atoms with van der Waals surface area (Å²) in [6.45, 7) is 3.57. The molecule has 0 aromatic rings. The van der Waals surface area contributed by atoms with Crippen LogP contribution in [0.1, 0.15) is 33.1 Å². The third kappa shape index (κ3) is 9.40. The van der Waals surface area contributed by atoms with Crippen LogP contribution in [0.25, 0.3) is 0 Å². The normalized spacial score (nSPS) is 12.5. The van der Waals surface area contributed by atoms with Crippen molar-refractivity contribution in [3.63, 3.8) is 0 Å². The van der Waals surface area contributed by atoms with Crippen molar-refractivity contribution in [3.8, 4) is 0 Å². The molecule has 1 atom stereocenters. The van der Waals surface area contributed by atoms with E-state index < -0.39 is 5.97 Å². The largest absolute Gasteiger partial charge is 0.481 e. The number of aliphatic carboxylic acids is 1. The van der Waals surface area contributed by atoms with E-state index in [4.69, 9.17) is 5.11 Å². The van der Waals surface area contributed by atoms with E-state index in [2.05, 4.69) is 0 Å². The Kier molecular flexibility index (Phi) is 6.68. The molecule has 76 valence electrons. The van der Waals surface area contributed by atoms with E-state index in [1.165, 1.54) is 11.8 Å². The molecule has 0 amide bonds. The number of hydrogen-bond acceptors (Lipinski definition) is 3. The number of hydrogen-bond donors (Lipinski definition) is 1. The predicted octanol–water partition coefficient (Wildman–Crippen LogP) is 2.16. The fourth-order valence-electron chi connectivity index (χ4n) is 0.918. The van der Waals surface area contributed by atoms with Crippen molar-refractivity contribution in [1.29, 1.82) is 0 Å². The van der Waals surface area contributed by atoms with Crippen LogP contribution in [0.5, 0.6) is 0 Å². The first kappa shape index (κ1) is 12.5. The number of carboxylic acid groups (broad SMARTS) is 1. The van der Waals surface area contributed by atoms with Crippen LogP contribution in [0, 0.1) is 5.92 Å². The Morgan fingerprint density at radius 2 is 2.00 bits per heavy atom. The quantitative estimate of drug-likeness (QED) is 0.720. The average molecular weight is 204 g/mol. The Morgan fingerprint density at radius 1 is 1.38 bits per heavy atom. The fourth-order valence-corrected chi connectivity index (χ4v) is 1.73. The zero-order valence-electron chi connectivity index (χ0n) is 8.08. The molecule has 0 fully saturated rings. The highest BCUT2D eigenvalue weighted by Crippen LogP contribution is 2.14. The Labute approximate surface area is 82.9 Å². The molecule has 0 rings (SSSR count). The number of carboxylic acids is 1. The Hall–Kier alpha value is -0.510. The molecule has 0 spiro atoms. The molecule has 0 radical (unpaired) electrons. The average Bonchev–Trinajstić information content (AvgIpc) is 2.00. The summed E-state index contributed by atoms with van der Waals surface area (Å²) in [5, 5.41) is 8.55. The van der Waals surface area contributed by atoms with E-state index in [1.54, 1.807) is 6.92 Å². The van der Waals surface area contributed by atoms with Crippen molar-refractivity contribution < 1.29 is 14.7 Å². The van der Waals surface area contributed by atoms with Gasteiger partial charge in [0.25, 0.3) is 0 Å². The van der Waals surface area contributed by atoms with Crippen LogP contribution in [0.4, 0.5) is 0 Å². The van der Waals surface area contributed by atoms with Gasteiger partial charge in [-0.1, -0.05) is 18.7 Å². The molecule has 0 aliphatic rings. The standard InChI is InChI=1S/C9H16O3S/c1-7(3-4-9(11)12)5-6-13-8(2)10/h7H,3-6H2,1-2H3,(H,11,12)/t7-/m1/s1. The van der Waals surface area contributed by atoms with Gasteiger partial charge in [0.15, 0.2) is 5.12 Å². The SMILES string of the molecule is CC(=O)SCC[C@H](C)CCC(=O)O. The minimum absolute atomic E-state index is 0.130. The summed E-state index contributed by atoms with van der Waals surface area (Å²) >= 11 is 1.31. The van der Waals surface area contributed by atoms with Gasteiger partial charge in [0.2, 0.25) is 0 Å². The summed E-state index contributed by atoms with van der Waals surface area (Å²) in [7, 11) is 0. The zero-order valence-corrected chi connectivity index (χ0v) is 8.89. The van der Waals surface area contributed by atoms with E-state index in [0.717, 1.165) is 12.2 Å². The third-order valence-corrected chi connectivity index (χ3v) is 2.61. The molecular weight excluding hydrogens is 188 g/mol. The van der Waals surface area contributed by atoms with Crippen molar-refractivity contribution >= 4 is 22.8 Å². The lowest BCUT2D eigenvalue weighted by molar-refractivity contribution is -0.137. The highest BCUT2D eigenvalue weighted by molar-refractivity contribution is 8.13. The van der Waals surface area contributed by atoms with Crippen molar-refractivity contribution in [2.75, 3.05) is 5.75 Å². The van der Waals surface area contributed by atoms with Gasteiger partial charge in [-0.2, -0.15) is 0 Å². The molecule has 0 heterocycles. The molecule has 0 saturated carbocycles. The monoisotopic (exact) mass is 204 g/mol. The molecule has 4 heteroatoms. The van der Waals surface area contributed by atoms with Gasteiger partial charge in [-0.25, -0.2) is 0 Å². The van der Waals surface area contributed by atoms with Crippen LogP contribution in [0.3, 0.4) is 0 Å². The molecule has 0 aliphatic heterocycles. The summed E-state index contributed by atoms with van der Waals surface area (Å²) in [6, 6.07) is 0. The minimum Gasteiger partial charge on any atom is -0.481 e. The molecule has 0 aliphatic carbocycles. The summed E-state index contributed by atoms with van der Waals surface area (Å²) in [5.41, 5.74) is 0. The van der Waals surface area contributed by atoms with Crippen LogP contribution in [0.15, 0.2) is 0 Å². The van der Waals surface area contributed by atoms with Gasteiger partial charge >= 0.3 is 5.97 Å². The van der Waals surface area contributed by atoms with Crippen LogP contribution in [-0.2, 0) is 9.59 Å². The van der Waals surface area contributed by atoms with Gasteiger partial charge in [0.1, 0.15) is 0 Å². The van der Waals surface area contributed by atoms with Crippen LogP contribution < -0.4 is 0 Å². The first-order chi connectivity index (χ1) is 6.02. The zero-order chi connectivity index (χ0) is 10.3. The van der Waals surface area contributed by atoms with Crippen molar-refractivity contribution in [1.82, 2.24) is 0 Å². The maximum atomic E-state index is 10.6. The Morgan fingerprint density at radius 3 is 2.46 bits per heavy atom. The number of carbonyl (C=O) groups excluding carboxylic acids is 1. The molecule has 3 nitrogen and oxygen atoms in total. The molecule has 0 saturated heterocycles. The van der Waals surface area contributed by atoms with Gasteiger partial charge in [0.05, 0.1) is 0 Å². The molecule has 0 aromatic carbocycles. The summed E-state index contributed by atoms with van der Waals surface area (Å²) < 4.78 is 0. The lowest BCUT2D eigenvalue weighted by Crippen LogP contribution is -2.02. The molecular formula is C9H16O3S. The van der Waals surface area contributed by atoms with Crippen LogP contribution in [-0.4, -0.2) is 21.9 Å². The number of carbonyl (C=O) groups is 2. The Balaban J connectivity index is 3.35. The highest BCUT2D eigenvalue weighted by Gasteiger charge is 2.05. The molecule has 0 aromatic heterocycles. The van der Waals surface area contributed by atoms with Gasteiger partial charge in [-0.05, 0) is 18.8 Å². The smallest absolute Gasteiger partial charge is 0.303 e. The van der Waals surface area contributed by atoms with Crippen LogP contribution >= 0.6 is 11.8 Å². The second kappa shape index (κ2) is 6.95. The minimum atomic E-state index is -0.744. The maximum Gasteiger partial charge on any atom is 0.303 e. The third-order valence-electron chi connectivity index (χ3n) is 1.77. The van der Waals surface area contributed by atoms with E-state index >= 15 is 0 Å². The van der Waals surface area contributed by atoms with E-state index in [-0.39, 0.29) is 11.5 Å². The van der Waals surface area contributed by atoms with Gasteiger partial charge in [-0.3, -0.25) is 9.59 Å². The first-order valence-electron chi connectivity index (χ1n) is 4.37. The summed E-state index contributed by atoms with van der Waals surface area (Å²) in [6.07, 6.45) is 1.84. The van der Waals surface area contributed by atoms with Gasteiger partial charge in [-0.15, -0.1) is 0 Å². The van der Waals surface area contributed by atoms with Gasteiger partial charge in [0, 0.05) is 19.1 Å². The molecule has 0 bridgehead atoms. The van der Waals surface area contributed by atoms with Crippen LogP contribution in [0.2, 0.25) is 0 Å². The second-order valence-electron chi connectivity index (χ2n) is 3.17. The van der Waals surface area contributed by atoms with E-state index in [1.807, 2.05) is 6.92 Å². The maximum absolute atomic E-state index is 10.6. The summed E-state index contributed by atoms with van der Waals surface area (Å²) in [5.74, 6) is 0.449.